The van der Waals surface area contributed by atoms with Crippen LogP contribution in [0.4, 0.5) is 0 Å². The van der Waals surface area contributed by atoms with Crippen LogP contribution in [0.15, 0.2) is 41.7 Å². The van der Waals surface area contributed by atoms with E-state index in [4.69, 9.17) is 0 Å². The predicted molar refractivity (Wildman–Crippen MR) is 74.5 cm³/mol. The zero-order valence-electron chi connectivity index (χ0n) is 11.2. The number of nitrogens with zero attached hydrogens (tertiary/aromatic N) is 3. The molecule has 5 nitrogen and oxygen atoms in total. The van der Waals surface area contributed by atoms with Gasteiger partial charge in [0.1, 0.15) is 6.33 Å². The molecule has 1 aliphatic rings. The first-order valence-corrected chi connectivity index (χ1v) is 7.86. The van der Waals surface area contributed by atoms with Gasteiger partial charge in [0.2, 0.25) is 10.0 Å². The molecule has 1 aromatic carbocycles. The Hall–Kier alpha value is -1.79. The molecule has 1 aromatic heterocycles. The Morgan fingerprint density at radius 3 is 2.95 bits per heavy atom. The monoisotopic (exact) mass is 289 g/mol. The third-order valence-corrected chi connectivity index (χ3v) is 5.29. The molecule has 3 rings (SSSR count). The smallest absolute Gasteiger partial charge is 0.243 e. The van der Waals surface area contributed by atoms with E-state index in [2.05, 4.69) is 9.97 Å². The first-order valence-electron chi connectivity index (χ1n) is 6.42. The fraction of sp³-hybridized carbons (Fsp3) is 0.286. The van der Waals surface area contributed by atoms with Crippen molar-refractivity contribution in [2.45, 2.75) is 24.8 Å². The van der Waals surface area contributed by atoms with Crippen LogP contribution in [0.1, 0.15) is 16.8 Å². The summed E-state index contributed by atoms with van der Waals surface area (Å²) in [5.41, 5.74) is 2.76. The largest absolute Gasteiger partial charge is 0.244 e. The molecule has 20 heavy (non-hydrogen) atoms. The van der Waals surface area contributed by atoms with Crippen LogP contribution in [0.25, 0.3) is 0 Å². The van der Waals surface area contributed by atoms with Crippen molar-refractivity contribution in [3.05, 3.63) is 53.6 Å². The van der Waals surface area contributed by atoms with Crippen LogP contribution in [0.5, 0.6) is 0 Å². The molecule has 0 unspecified atom stereocenters. The van der Waals surface area contributed by atoms with Crippen molar-refractivity contribution in [2.24, 2.45) is 0 Å². The number of benzene rings is 1. The number of hydrogen-bond donors (Lipinski definition) is 0. The first kappa shape index (κ1) is 13.2. The molecule has 0 amide bonds. The molecule has 0 atom stereocenters. The second-order valence-electron chi connectivity index (χ2n) is 4.90. The lowest BCUT2D eigenvalue weighted by molar-refractivity contribution is 0.386. The molecule has 0 N–H and O–H groups in total. The van der Waals surface area contributed by atoms with E-state index in [1.807, 2.05) is 13.0 Å². The highest BCUT2D eigenvalue weighted by Gasteiger charge is 2.28. The molecule has 0 saturated carbocycles. The van der Waals surface area contributed by atoms with E-state index in [-0.39, 0.29) is 0 Å². The Labute approximate surface area is 118 Å². The molecule has 2 heterocycles. The van der Waals surface area contributed by atoms with Gasteiger partial charge in [-0.05, 0) is 24.6 Å². The lowest BCUT2D eigenvalue weighted by Crippen LogP contribution is -2.36. The summed E-state index contributed by atoms with van der Waals surface area (Å²) in [6.45, 7) is 2.69. The van der Waals surface area contributed by atoms with Gasteiger partial charge in [0.15, 0.2) is 0 Å². The summed E-state index contributed by atoms with van der Waals surface area (Å²) in [5.74, 6) is 0. The lowest BCUT2D eigenvalue weighted by atomic mass is 10.1. The van der Waals surface area contributed by atoms with Gasteiger partial charge in [0.05, 0.1) is 4.90 Å². The van der Waals surface area contributed by atoms with Crippen molar-refractivity contribution in [1.82, 2.24) is 14.3 Å². The van der Waals surface area contributed by atoms with Crippen LogP contribution >= 0.6 is 0 Å². The van der Waals surface area contributed by atoms with Crippen LogP contribution in [-0.2, 0) is 23.0 Å². The third kappa shape index (κ3) is 2.32. The minimum atomic E-state index is -3.45. The Balaban J connectivity index is 1.94. The molecular weight excluding hydrogens is 274 g/mol. The molecule has 0 saturated heterocycles. The van der Waals surface area contributed by atoms with E-state index in [0.717, 1.165) is 16.8 Å². The number of sulfonamides is 1. The van der Waals surface area contributed by atoms with Crippen LogP contribution in [0, 0.1) is 6.92 Å². The van der Waals surface area contributed by atoms with Crippen LogP contribution in [-0.4, -0.2) is 29.2 Å². The van der Waals surface area contributed by atoms with E-state index in [1.165, 1.54) is 10.6 Å². The number of rotatable bonds is 2. The van der Waals surface area contributed by atoms with Crippen LogP contribution in [0.3, 0.4) is 0 Å². The van der Waals surface area contributed by atoms with Gasteiger partial charge in [-0.15, -0.1) is 0 Å². The maximum atomic E-state index is 12.6. The van der Waals surface area contributed by atoms with E-state index in [9.17, 15) is 8.42 Å². The van der Waals surface area contributed by atoms with Crippen molar-refractivity contribution in [3.63, 3.8) is 0 Å². The Bertz CT molecular complexity index is 744. The quantitative estimate of drug-likeness (QED) is 0.841. The number of aromatic nitrogens is 2. The standard InChI is InChI=1S/C14H15N3O2S/c1-11-3-2-4-13(7-11)20(18,19)17-6-5-14-12(9-17)8-15-10-16-14/h2-4,7-8,10H,5-6,9H2,1H3. The van der Waals surface area contributed by atoms with Crippen molar-refractivity contribution < 1.29 is 8.42 Å². The summed E-state index contributed by atoms with van der Waals surface area (Å²) in [6.07, 6.45) is 3.83. The summed E-state index contributed by atoms with van der Waals surface area (Å²) >= 11 is 0. The number of aryl methyl sites for hydroxylation is 1. The lowest BCUT2D eigenvalue weighted by Gasteiger charge is -2.27. The molecule has 0 bridgehead atoms. The molecule has 0 fully saturated rings. The van der Waals surface area contributed by atoms with Crippen molar-refractivity contribution in [2.75, 3.05) is 6.54 Å². The maximum absolute atomic E-state index is 12.6. The number of hydrogen-bond acceptors (Lipinski definition) is 4. The highest BCUT2D eigenvalue weighted by Crippen LogP contribution is 2.23. The minimum absolute atomic E-state index is 0.340. The first-order chi connectivity index (χ1) is 9.57. The molecule has 1 aliphatic heterocycles. The van der Waals surface area contributed by atoms with Gasteiger partial charge >= 0.3 is 0 Å². The predicted octanol–water partition coefficient (Wildman–Crippen LogP) is 1.53. The molecular formula is C14H15N3O2S. The third-order valence-electron chi connectivity index (χ3n) is 3.45. The van der Waals surface area contributed by atoms with E-state index >= 15 is 0 Å². The second-order valence-corrected chi connectivity index (χ2v) is 6.84. The van der Waals surface area contributed by atoms with Crippen molar-refractivity contribution >= 4 is 10.0 Å². The number of fused-ring (bicyclic) bond motifs is 1. The summed E-state index contributed by atoms with van der Waals surface area (Å²) in [5, 5.41) is 0. The zero-order valence-corrected chi connectivity index (χ0v) is 12.0. The molecule has 0 spiro atoms. The van der Waals surface area contributed by atoms with Crippen molar-refractivity contribution in [3.8, 4) is 0 Å². The van der Waals surface area contributed by atoms with E-state index < -0.39 is 10.0 Å². The van der Waals surface area contributed by atoms with E-state index in [1.54, 1.807) is 24.4 Å². The fourth-order valence-corrected chi connectivity index (χ4v) is 3.89. The minimum Gasteiger partial charge on any atom is -0.244 e. The molecule has 0 aliphatic carbocycles. The van der Waals surface area contributed by atoms with E-state index in [0.29, 0.717) is 24.4 Å². The van der Waals surface area contributed by atoms with Gasteiger partial charge in [0.25, 0.3) is 0 Å². The van der Waals surface area contributed by atoms with Gasteiger partial charge in [-0.3, -0.25) is 0 Å². The average molecular weight is 289 g/mol. The van der Waals surface area contributed by atoms with Gasteiger partial charge in [-0.2, -0.15) is 4.31 Å². The Kier molecular flexibility index (Phi) is 3.27. The molecule has 0 radical (unpaired) electrons. The SMILES string of the molecule is Cc1cccc(S(=O)(=O)N2CCc3ncncc3C2)c1. The summed E-state index contributed by atoms with van der Waals surface area (Å²) < 4.78 is 26.8. The Morgan fingerprint density at radius 2 is 2.15 bits per heavy atom. The normalized spacial score (nSPS) is 15.8. The summed E-state index contributed by atoms with van der Waals surface area (Å²) in [6, 6.07) is 6.99. The second kappa shape index (κ2) is 4.96. The average Bonchev–Trinajstić information content (AvgIpc) is 2.46. The topological polar surface area (TPSA) is 63.2 Å². The molecule has 6 heteroatoms. The maximum Gasteiger partial charge on any atom is 0.243 e. The van der Waals surface area contributed by atoms with Crippen molar-refractivity contribution in [1.29, 1.82) is 0 Å². The molecule has 2 aromatic rings. The highest BCUT2D eigenvalue weighted by molar-refractivity contribution is 7.89. The zero-order chi connectivity index (χ0) is 14.2. The van der Waals surface area contributed by atoms with Crippen LogP contribution in [0.2, 0.25) is 0 Å². The van der Waals surface area contributed by atoms with Gasteiger partial charge in [-0.1, -0.05) is 12.1 Å². The molecule has 104 valence electrons. The highest BCUT2D eigenvalue weighted by atomic mass is 32.2. The van der Waals surface area contributed by atoms with Gasteiger partial charge < -0.3 is 0 Å². The van der Waals surface area contributed by atoms with Crippen LogP contribution < -0.4 is 0 Å². The summed E-state index contributed by atoms with van der Waals surface area (Å²) in [7, 11) is -3.45. The summed E-state index contributed by atoms with van der Waals surface area (Å²) in [4.78, 5) is 8.50. The fourth-order valence-electron chi connectivity index (χ4n) is 2.37. The Morgan fingerprint density at radius 1 is 1.30 bits per heavy atom. The van der Waals surface area contributed by atoms with Gasteiger partial charge in [-0.25, -0.2) is 18.4 Å². The van der Waals surface area contributed by atoms with Gasteiger partial charge in [0, 0.05) is 37.0 Å².